The molecule has 1 aromatic carbocycles. The molecule has 0 aromatic heterocycles. The van der Waals surface area contributed by atoms with Crippen molar-refractivity contribution < 1.29 is 14.4 Å². The van der Waals surface area contributed by atoms with Gasteiger partial charge in [0, 0.05) is 23.4 Å². The van der Waals surface area contributed by atoms with E-state index >= 15 is 0 Å². The highest BCUT2D eigenvalue weighted by atomic mass is 32.2. The number of carbonyl (C=O) groups excluding carboxylic acids is 3. The number of amides is 3. The van der Waals surface area contributed by atoms with Crippen LogP contribution in [0.25, 0.3) is 0 Å². The fourth-order valence-corrected chi connectivity index (χ4v) is 6.62. The van der Waals surface area contributed by atoms with Gasteiger partial charge in [-0.05, 0) is 50.7 Å². The van der Waals surface area contributed by atoms with Crippen molar-refractivity contribution in [1.82, 2.24) is 15.1 Å². The second-order valence-electron chi connectivity index (χ2n) is 9.53. The quantitative estimate of drug-likeness (QED) is 0.755. The molecule has 31 heavy (non-hydrogen) atoms. The predicted molar refractivity (Wildman–Crippen MR) is 123 cm³/mol. The minimum Gasteiger partial charge on any atom is -0.342 e. The van der Waals surface area contributed by atoms with E-state index in [0.29, 0.717) is 5.56 Å². The summed E-state index contributed by atoms with van der Waals surface area (Å²) in [4.78, 5) is 43.8. The molecule has 3 aliphatic rings. The van der Waals surface area contributed by atoms with Crippen LogP contribution in [0.2, 0.25) is 0 Å². The highest BCUT2D eigenvalue weighted by Crippen LogP contribution is 2.56. The van der Waals surface area contributed by atoms with Crippen LogP contribution in [0.4, 0.5) is 0 Å². The van der Waals surface area contributed by atoms with Crippen molar-refractivity contribution >= 4 is 29.5 Å². The first-order chi connectivity index (χ1) is 14.8. The molecule has 6 nitrogen and oxygen atoms in total. The van der Waals surface area contributed by atoms with Gasteiger partial charge in [-0.2, -0.15) is 0 Å². The smallest absolute Gasteiger partial charge is 0.256 e. The molecule has 4 atom stereocenters. The third kappa shape index (κ3) is 3.86. The molecular weight excluding hydrogens is 410 g/mol. The third-order valence-corrected chi connectivity index (χ3v) is 8.52. The van der Waals surface area contributed by atoms with Crippen molar-refractivity contribution in [2.75, 3.05) is 13.1 Å². The molecular formula is C24H33N3O3S. The maximum absolute atomic E-state index is 13.6. The Balaban J connectivity index is 1.58. The van der Waals surface area contributed by atoms with Crippen LogP contribution in [0.3, 0.4) is 0 Å². The number of hydrogen-bond acceptors (Lipinski definition) is 4. The molecule has 0 radical (unpaired) electrons. The van der Waals surface area contributed by atoms with E-state index in [1.807, 2.05) is 56.9 Å². The van der Waals surface area contributed by atoms with E-state index < -0.39 is 16.8 Å². The maximum atomic E-state index is 13.6. The molecule has 1 aromatic rings. The van der Waals surface area contributed by atoms with Gasteiger partial charge in [0.2, 0.25) is 11.8 Å². The van der Waals surface area contributed by atoms with E-state index in [-0.39, 0.29) is 29.0 Å². The van der Waals surface area contributed by atoms with E-state index in [0.717, 1.165) is 44.3 Å². The molecule has 0 saturated carbocycles. The summed E-state index contributed by atoms with van der Waals surface area (Å²) in [6, 6.07) is 6.43. The lowest BCUT2D eigenvalue weighted by atomic mass is 9.94. The average molecular weight is 444 g/mol. The zero-order valence-corrected chi connectivity index (χ0v) is 19.7. The summed E-state index contributed by atoms with van der Waals surface area (Å²) in [5.74, 6) is -0.283. The van der Waals surface area contributed by atoms with E-state index in [4.69, 9.17) is 0 Å². The molecule has 3 amide bonds. The Morgan fingerprint density at radius 3 is 2.55 bits per heavy atom. The van der Waals surface area contributed by atoms with Crippen molar-refractivity contribution in [2.45, 2.75) is 75.6 Å². The molecule has 0 aliphatic carbocycles. The molecule has 0 bridgehead atoms. The van der Waals surface area contributed by atoms with Gasteiger partial charge in [0.05, 0.1) is 0 Å². The molecule has 168 valence electrons. The number of likely N-dealkylation sites (tertiary alicyclic amines) is 1. The molecule has 7 heteroatoms. The number of carbonyl (C=O) groups is 3. The Hall–Kier alpha value is -2.02. The fourth-order valence-electron chi connectivity index (χ4n) is 5.03. The van der Waals surface area contributed by atoms with Crippen molar-refractivity contribution in [1.29, 1.82) is 0 Å². The second kappa shape index (κ2) is 8.49. The van der Waals surface area contributed by atoms with Crippen molar-refractivity contribution in [3.05, 3.63) is 35.4 Å². The highest BCUT2D eigenvalue weighted by Gasteiger charge is 2.57. The van der Waals surface area contributed by atoms with Crippen LogP contribution in [0, 0.1) is 5.92 Å². The van der Waals surface area contributed by atoms with Crippen LogP contribution in [0.1, 0.15) is 74.7 Å². The first-order valence-electron chi connectivity index (χ1n) is 11.4. The summed E-state index contributed by atoms with van der Waals surface area (Å²) in [6.45, 7) is 9.60. The van der Waals surface area contributed by atoms with Crippen LogP contribution < -0.4 is 5.32 Å². The summed E-state index contributed by atoms with van der Waals surface area (Å²) >= 11 is 1.65. The van der Waals surface area contributed by atoms with Gasteiger partial charge in [-0.15, -0.1) is 11.8 Å². The van der Waals surface area contributed by atoms with Gasteiger partial charge in [0.25, 0.3) is 5.91 Å². The summed E-state index contributed by atoms with van der Waals surface area (Å²) in [5, 5.41) is 2.93. The van der Waals surface area contributed by atoms with Gasteiger partial charge in [-0.25, -0.2) is 0 Å². The summed E-state index contributed by atoms with van der Waals surface area (Å²) in [7, 11) is 0. The summed E-state index contributed by atoms with van der Waals surface area (Å²) in [5.41, 5.74) is 1.65. The third-order valence-electron chi connectivity index (χ3n) is 6.99. The molecule has 4 rings (SSSR count). The van der Waals surface area contributed by atoms with E-state index in [2.05, 4.69) is 5.32 Å². The lowest BCUT2D eigenvalue weighted by molar-refractivity contribution is -0.139. The average Bonchev–Trinajstić information content (AvgIpc) is 3.20. The van der Waals surface area contributed by atoms with Crippen molar-refractivity contribution in [3.8, 4) is 0 Å². The number of thioether (sulfide) groups is 1. The van der Waals surface area contributed by atoms with Gasteiger partial charge in [-0.1, -0.05) is 38.5 Å². The lowest BCUT2D eigenvalue weighted by Crippen LogP contribution is -2.59. The highest BCUT2D eigenvalue weighted by molar-refractivity contribution is 8.01. The number of hydrogen-bond donors (Lipinski definition) is 1. The number of fused-ring (bicyclic) bond motifs is 3. The Morgan fingerprint density at radius 1 is 1.19 bits per heavy atom. The van der Waals surface area contributed by atoms with Crippen molar-refractivity contribution in [2.24, 2.45) is 5.92 Å². The number of nitrogens with zero attached hydrogens (tertiary/aromatic N) is 2. The molecule has 2 fully saturated rings. The first kappa shape index (κ1) is 22.2. The maximum Gasteiger partial charge on any atom is 0.256 e. The Kier molecular flexibility index (Phi) is 6.08. The molecule has 2 saturated heterocycles. The minimum atomic E-state index is -0.622. The van der Waals surface area contributed by atoms with Crippen LogP contribution in [0.5, 0.6) is 0 Å². The zero-order valence-electron chi connectivity index (χ0n) is 18.9. The Morgan fingerprint density at radius 2 is 1.87 bits per heavy atom. The first-order valence-corrected chi connectivity index (χ1v) is 12.3. The van der Waals surface area contributed by atoms with Gasteiger partial charge >= 0.3 is 0 Å². The monoisotopic (exact) mass is 443 g/mol. The number of nitrogens with one attached hydrogen (secondary N) is 1. The summed E-state index contributed by atoms with van der Waals surface area (Å²) in [6.07, 6.45) is 3.98. The zero-order chi connectivity index (χ0) is 22.3. The number of benzene rings is 1. The lowest BCUT2D eigenvalue weighted by Gasteiger charge is -2.35. The van der Waals surface area contributed by atoms with Crippen molar-refractivity contribution in [3.63, 3.8) is 0 Å². The number of piperidine rings is 1. The minimum absolute atomic E-state index is 0.0124. The molecule has 3 heterocycles. The van der Waals surface area contributed by atoms with Gasteiger partial charge in [0.1, 0.15) is 17.5 Å². The van der Waals surface area contributed by atoms with Gasteiger partial charge in [-0.3, -0.25) is 14.4 Å². The number of rotatable bonds is 5. The van der Waals surface area contributed by atoms with Crippen LogP contribution >= 0.6 is 11.8 Å². The fraction of sp³-hybridized carbons (Fsp3) is 0.625. The Labute approximate surface area is 189 Å². The van der Waals surface area contributed by atoms with Crippen LogP contribution in [-0.2, 0) is 9.59 Å². The van der Waals surface area contributed by atoms with Crippen LogP contribution in [-0.4, -0.2) is 57.4 Å². The standard InChI is InChI=1S/C24H33N3O3S/c1-5-15(2)18(22(30)26-13-9-6-10-14-26)25-20(28)19-24(3,4)31-23-17-12-8-7-11-16(17)21(29)27(19)23/h7-8,11-12,15,18-19,23H,5-6,9-10,13-14H2,1-4H3,(H,25,28)/t15-,18+,19-,23-/m0/s1. The largest absolute Gasteiger partial charge is 0.342 e. The summed E-state index contributed by atoms with van der Waals surface area (Å²) < 4.78 is -0.452. The van der Waals surface area contributed by atoms with E-state index in [1.54, 1.807) is 16.7 Å². The van der Waals surface area contributed by atoms with E-state index in [9.17, 15) is 14.4 Å². The SMILES string of the molecule is CC[C@H](C)[C@@H](NC(=O)[C@@H]1N2C(=O)c3ccccc3[C@@H]2SC1(C)C)C(=O)N1CCCCC1. The predicted octanol–water partition coefficient (Wildman–Crippen LogP) is 3.58. The normalized spacial score (nSPS) is 26.3. The van der Waals surface area contributed by atoms with E-state index in [1.165, 1.54) is 0 Å². The van der Waals surface area contributed by atoms with Crippen LogP contribution in [0.15, 0.2) is 24.3 Å². The Bertz CT molecular complexity index is 881. The molecule has 0 unspecified atom stereocenters. The molecule has 1 N–H and O–H groups in total. The topological polar surface area (TPSA) is 69.7 Å². The van der Waals surface area contributed by atoms with Gasteiger partial charge in [0.15, 0.2) is 0 Å². The second-order valence-corrected chi connectivity index (χ2v) is 11.3. The van der Waals surface area contributed by atoms with Gasteiger partial charge < -0.3 is 15.1 Å². The molecule has 3 aliphatic heterocycles. The molecule has 0 spiro atoms.